The molecule has 2 heterocycles. The van der Waals surface area contributed by atoms with E-state index in [-0.39, 0.29) is 23.6 Å². The van der Waals surface area contributed by atoms with E-state index in [1.807, 2.05) is 24.5 Å². The highest BCUT2D eigenvalue weighted by Crippen LogP contribution is 2.31. The molecule has 0 N–H and O–H groups in total. The number of ketones is 1. The Morgan fingerprint density at radius 2 is 1.63 bits per heavy atom. The van der Waals surface area contributed by atoms with Crippen LogP contribution in [0.1, 0.15) is 47.4 Å². The van der Waals surface area contributed by atoms with E-state index in [1.54, 1.807) is 33.1 Å². The van der Waals surface area contributed by atoms with Gasteiger partial charge in [0.1, 0.15) is 11.5 Å². The quantitative estimate of drug-likeness (QED) is 0.367. The van der Waals surface area contributed by atoms with E-state index in [1.165, 1.54) is 22.6 Å². The van der Waals surface area contributed by atoms with Gasteiger partial charge in [-0.05, 0) is 91.3 Å². The normalized spacial score (nSPS) is 14.6. The number of aryl methyl sites for hydroxylation is 2. The van der Waals surface area contributed by atoms with E-state index in [9.17, 15) is 13.2 Å². The van der Waals surface area contributed by atoms with E-state index in [2.05, 4.69) is 34.1 Å². The largest absolute Gasteiger partial charge is 0.497 e. The molecule has 202 valence electrons. The molecule has 0 unspecified atom stereocenters. The minimum Gasteiger partial charge on any atom is -0.497 e. The first-order valence-electron chi connectivity index (χ1n) is 13.1. The minimum absolute atomic E-state index is 0.0149. The van der Waals surface area contributed by atoms with Gasteiger partial charge < -0.3 is 9.64 Å². The minimum atomic E-state index is -3.72. The van der Waals surface area contributed by atoms with Crippen molar-refractivity contribution in [1.82, 2.24) is 9.29 Å². The van der Waals surface area contributed by atoms with Gasteiger partial charge in [0.2, 0.25) is 10.0 Å². The van der Waals surface area contributed by atoms with Crippen LogP contribution in [0.3, 0.4) is 0 Å². The summed E-state index contributed by atoms with van der Waals surface area (Å²) in [5.74, 6) is 1.21. The molecule has 7 nitrogen and oxygen atoms in total. The number of methoxy groups -OCH3 is 1. The highest BCUT2D eigenvalue weighted by atomic mass is 32.2. The lowest BCUT2D eigenvalue weighted by atomic mass is 9.90. The summed E-state index contributed by atoms with van der Waals surface area (Å²) in [6, 6.07) is 15.8. The number of carbonyl (C=O) groups excluding carboxylic acids is 1. The predicted molar refractivity (Wildman–Crippen MR) is 150 cm³/mol. The van der Waals surface area contributed by atoms with Crippen molar-refractivity contribution < 1.29 is 17.9 Å². The predicted octanol–water partition coefficient (Wildman–Crippen LogP) is 4.91. The first kappa shape index (κ1) is 27.8. The molecule has 1 aromatic heterocycles. The van der Waals surface area contributed by atoms with Crippen LogP contribution in [0, 0.1) is 13.8 Å². The number of aromatic nitrogens is 1. The number of Topliss-reactive ketones (excluding diaryl/α,β-unsaturated/α-hetero) is 1. The Labute approximate surface area is 226 Å². The number of sulfonamides is 1. The second kappa shape index (κ2) is 12.1. The number of rotatable bonds is 10. The molecule has 2 aromatic carbocycles. The number of nitrogens with zero attached hydrogens (tertiary/aromatic N) is 3. The summed E-state index contributed by atoms with van der Waals surface area (Å²) in [5.41, 5.74) is 4.73. The van der Waals surface area contributed by atoms with Gasteiger partial charge in [0.05, 0.1) is 12.0 Å². The van der Waals surface area contributed by atoms with Crippen molar-refractivity contribution in [3.63, 3.8) is 0 Å². The molecule has 0 aliphatic carbocycles. The molecule has 0 bridgehead atoms. The van der Waals surface area contributed by atoms with Crippen molar-refractivity contribution in [2.75, 3.05) is 38.7 Å². The summed E-state index contributed by atoms with van der Waals surface area (Å²) in [6.07, 6.45) is 6.39. The second-order valence-corrected chi connectivity index (χ2v) is 12.1. The second-order valence-electron chi connectivity index (χ2n) is 10.1. The number of anilines is 1. The molecule has 0 spiro atoms. The molecule has 1 saturated heterocycles. The maximum absolute atomic E-state index is 13.2. The summed E-state index contributed by atoms with van der Waals surface area (Å²) in [5, 5.41) is 0. The molecule has 0 saturated carbocycles. The van der Waals surface area contributed by atoms with E-state index in [0.29, 0.717) is 29.2 Å². The Morgan fingerprint density at radius 1 is 1.03 bits per heavy atom. The van der Waals surface area contributed by atoms with Gasteiger partial charge in [-0.15, -0.1) is 0 Å². The average Bonchev–Trinajstić information content (AvgIpc) is 2.92. The van der Waals surface area contributed by atoms with Gasteiger partial charge in [0, 0.05) is 57.6 Å². The molecule has 0 radical (unpaired) electrons. The smallest absolute Gasteiger partial charge is 0.243 e. The zero-order chi connectivity index (χ0) is 27.3. The number of pyridine rings is 1. The van der Waals surface area contributed by atoms with E-state index in [0.717, 1.165) is 31.5 Å². The fourth-order valence-corrected chi connectivity index (χ4v) is 6.82. The van der Waals surface area contributed by atoms with Crippen LogP contribution in [0.15, 0.2) is 65.8 Å². The van der Waals surface area contributed by atoms with Gasteiger partial charge in [-0.1, -0.05) is 12.1 Å². The fourth-order valence-electron chi connectivity index (χ4n) is 5.24. The molecule has 0 amide bonds. The van der Waals surface area contributed by atoms with Crippen LogP contribution in [-0.2, 0) is 21.2 Å². The van der Waals surface area contributed by atoms with Crippen molar-refractivity contribution in [2.24, 2.45) is 0 Å². The number of benzene rings is 2. The zero-order valence-electron chi connectivity index (χ0n) is 22.7. The molecule has 3 aromatic rings. The third-order valence-electron chi connectivity index (χ3n) is 7.42. The maximum Gasteiger partial charge on any atom is 0.243 e. The summed E-state index contributed by atoms with van der Waals surface area (Å²) < 4.78 is 32.9. The van der Waals surface area contributed by atoms with Gasteiger partial charge in [-0.25, -0.2) is 12.7 Å². The number of piperidine rings is 1. The molecular formula is C30H37N3O4S. The van der Waals surface area contributed by atoms with Crippen LogP contribution >= 0.6 is 0 Å². The Hall–Kier alpha value is -3.23. The van der Waals surface area contributed by atoms with Crippen molar-refractivity contribution in [3.05, 3.63) is 83.2 Å². The Morgan fingerprint density at radius 3 is 2.21 bits per heavy atom. The monoisotopic (exact) mass is 535 g/mol. The van der Waals surface area contributed by atoms with Crippen LogP contribution in [0.4, 0.5) is 5.69 Å². The van der Waals surface area contributed by atoms with Crippen LogP contribution in [0.2, 0.25) is 0 Å². The average molecular weight is 536 g/mol. The lowest BCUT2D eigenvalue weighted by Gasteiger charge is -2.34. The summed E-state index contributed by atoms with van der Waals surface area (Å²) >= 11 is 0. The molecule has 0 atom stereocenters. The number of hydrogen-bond acceptors (Lipinski definition) is 6. The lowest BCUT2D eigenvalue weighted by Crippen LogP contribution is -2.32. The molecule has 4 rings (SSSR count). The van der Waals surface area contributed by atoms with Crippen molar-refractivity contribution >= 4 is 21.5 Å². The van der Waals surface area contributed by atoms with Crippen molar-refractivity contribution in [2.45, 2.75) is 50.3 Å². The van der Waals surface area contributed by atoms with Crippen LogP contribution in [0.25, 0.3) is 0 Å². The summed E-state index contributed by atoms with van der Waals surface area (Å²) in [7, 11) is -0.634. The standard InChI is InChI=1S/C30H37N3O4S/c1-22-19-29(37-4)20-23(2)30(22)38(35,36)32(3)16-13-28(34)21-24-5-7-27(8-6-24)33-17-11-26(12-18-33)25-9-14-31-15-10-25/h5-10,14-15,19-20,26H,11-13,16-18,21H2,1-4H3. The fraction of sp³-hybridized carbons (Fsp3) is 0.400. The molecule has 38 heavy (non-hydrogen) atoms. The molecule has 1 fully saturated rings. The van der Waals surface area contributed by atoms with Gasteiger partial charge in [0.25, 0.3) is 0 Å². The first-order valence-corrected chi connectivity index (χ1v) is 14.5. The molecular weight excluding hydrogens is 498 g/mol. The van der Waals surface area contributed by atoms with Crippen LogP contribution < -0.4 is 9.64 Å². The topological polar surface area (TPSA) is 79.8 Å². The van der Waals surface area contributed by atoms with Crippen LogP contribution in [-0.4, -0.2) is 57.3 Å². The van der Waals surface area contributed by atoms with E-state index >= 15 is 0 Å². The third-order valence-corrected chi connectivity index (χ3v) is 9.58. The zero-order valence-corrected chi connectivity index (χ0v) is 23.5. The Balaban J connectivity index is 1.29. The highest BCUT2D eigenvalue weighted by Gasteiger charge is 2.26. The van der Waals surface area contributed by atoms with Crippen LogP contribution in [0.5, 0.6) is 5.75 Å². The summed E-state index contributed by atoms with van der Waals surface area (Å²) in [4.78, 5) is 19.5. The number of hydrogen-bond donors (Lipinski definition) is 0. The van der Waals surface area contributed by atoms with Crippen molar-refractivity contribution in [1.29, 1.82) is 0 Å². The first-order chi connectivity index (χ1) is 18.2. The lowest BCUT2D eigenvalue weighted by molar-refractivity contribution is -0.118. The van der Waals surface area contributed by atoms with Gasteiger partial charge in [-0.3, -0.25) is 9.78 Å². The number of carbonyl (C=O) groups is 1. The molecule has 8 heteroatoms. The number of ether oxygens (including phenoxy) is 1. The summed E-state index contributed by atoms with van der Waals surface area (Å²) in [6.45, 7) is 5.65. The molecule has 1 aliphatic heterocycles. The third kappa shape index (κ3) is 6.42. The Kier molecular flexibility index (Phi) is 8.84. The maximum atomic E-state index is 13.2. The van der Waals surface area contributed by atoms with Crippen molar-refractivity contribution in [3.8, 4) is 5.75 Å². The highest BCUT2D eigenvalue weighted by molar-refractivity contribution is 7.89. The van der Waals surface area contributed by atoms with Gasteiger partial charge in [-0.2, -0.15) is 0 Å². The van der Waals surface area contributed by atoms with E-state index in [4.69, 9.17) is 4.74 Å². The van der Waals surface area contributed by atoms with Gasteiger partial charge >= 0.3 is 0 Å². The van der Waals surface area contributed by atoms with Gasteiger partial charge in [0.15, 0.2) is 0 Å². The SMILES string of the molecule is COc1cc(C)c(S(=O)(=O)N(C)CCC(=O)Cc2ccc(N3CCC(c4ccncc4)CC3)cc2)c(C)c1. The van der Waals surface area contributed by atoms with E-state index < -0.39 is 10.0 Å². The Bertz CT molecular complexity index is 1330. The molecule has 1 aliphatic rings.